The molecule has 0 radical (unpaired) electrons. The summed E-state index contributed by atoms with van der Waals surface area (Å²) in [6.07, 6.45) is -0.617. The second-order valence-electron chi connectivity index (χ2n) is 3.47. The Hall–Kier alpha value is -0.225. The fraction of sp³-hybridized carbons (Fsp3) is 1.00. The van der Waals surface area contributed by atoms with Gasteiger partial charge in [-0.15, -0.1) is 0 Å². The average molecular weight is 182 g/mol. The normalized spacial score (nSPS) is 23.0. The van der Waals surface area contributed by atoms with Crippen LogP contribution in [0.5, 0.6) is 0 Å². The summed E-state index contributed by atoms with van der Waals surface area (Å²) < 4.78 is 35.9. The molecule has 1 aliphatic rings. The third-order valence-electron chi connectivity index (χ3n) is 2.21. The Bertz CT molecular complexity index is 142. The van der Waals surface area contributed by atoms with Crippen molar-refractivity contribution in [1.29, 1.82) is 0 Å². The van der Waals surface area contributed by atoms with Crippen molar-refractivity contribution < 1.29 is 17.8 Å². The summed E-state index contributed by atoms with van der Waals surface area (Å²) in [4.78, 5) is 2.74. The summed E-state index contributed by atoms with van der Waals surface area (Å²) in [5.41, 5.74) is 0. The number of nitrogens with zero attached hydrogens (tertiary/aromatic N) is 1. The smallest absolute Gasteiger partial charge is 0.445 e. The molecular weight excluding hydrogens is 168 g/mol. The SMILES string of the molecule is CN1CC[NH+](C[B-](F)(F)F)CC1. The van der Waals surface area contributed by atoms with Gasteiger partial charge in [0.2, 0.25) is 0 Å². The lowest BCUT2D eigenvalue weighted by atomic mass is 9.91. The summed E-state index contributed by atoms with van der Waals surface area (Å²) >= 11 is 0. The topological polar surface area (TPSA) is 7.68 Å². The van der Waals surface area contributed by atoms with Gasteiger partial charge in [0.1, 0.15) is 0 Å². The van der Waals surface area contributed by atoms with E-state index in [1.807, 2.05) is 7.05 Å². The molecule has 0 unspecified atom stereocenters. The largest absolute Gasteiger partial charge is 0.531 e. The van der Waals surface area contributed by atoms with Crippen LogP contribution in [0, 0.1) is 0 Å². The van der Waals surface area contributed by atoms with Gasteiger partial charge in [0.05, 0.1) is 19.5 Å². The summed E-state index contributed by atoms with van der Waals surface area (Å²) in [5, 5.41) is 0. The molecule has 1 heterocycles. The second-order valence-corrected chi connectivity index (χ2v) is 3.47. The molecule has 0 saturated carbocycles. The minimum Gasteiger partial charge on any atom is -0.445 e. The molecule has 1 aliphatic heterocycles. The number of rotatable bonds is 2. The average Bonchev–Trinajstić information content (AvgIpc) is 1.91. The molecule has 0 bridgehead atoms. The van der Waals surface area contributed by atoms with E-state index in [2.05, 4.69) is 4.90 Å². The van der Waals surface area contributed by atoms with Crippen LogP contribution in [-0.4, -0.2) is 51.5 Å². The molecule has 6 heteroatoms. The predicted molar refractivity (Wildman–Crippen MR) is 42.1 cm³/mol. The number of nitrogens with one attached hydrogen (secondary N) is 1. The van der Waals surface area contributed by atoms with E-state index in [0.717, 1.165) is 13.1 Å². The van der Waals surface area contributed by atoms with E-state index in [-0.39, 0.29) is 0 Å². The molecule has 1 fully saturated rings. The van der Waals surface area contributed by atoms with Crippen LogP contribution in [0.2, 0.25) is 0 Å². The monoisotopic (exact) mass is 182 g/mol. The Morgan fingerprint density at radius 1 is 1.25 bits per heavy atom. The number of piperazine rings is 1. The van der Waals surface area contributed by atoms with Crippen LogP contribution in [0.3, 0.4) is 0 Å². The second kappa shape index (κ2) is 3.66. The summed E-state index contributed by atoms with van der Waals surface area (Å²) in [6.45, 7) is -1.80. The zero-order valence-electron chi connectivity index (χ0n) is 7.19. The van der Waals surface area contributed by atoms with Crippen molar-refractivity contribution >= 4 is 6.98 Å². The van der Waals surface area contributed by atoms with Crippen molar-refractivity contribution in [2.24, 2.45) is 0 Å². The summed E-state index contributed by atoms with van der Waals surface area (Å²) in [7, 11) is 1.94. The first-order chi connectivity index (χ1) is 5.47. The van der Waals surface area contributed by atoms with Gasteiger partial charge in [0.15, 0.2) is 0 Å². The Balaban J connectivity index is 2.26. The van der Waals surface area contributed by atoms with Gasteiger partial charge in [-0.2, -0.15) is 0 Å². The molecule has 0 atom stereocenters. The minimum absolute atomic E-state index is 0.617. The van der Waals surface area contributed by atoms with E-state index < -0.39 is 13.4 Å². The van der Waals surface area contributed by atoms with Gasteiger partial charge in [-0.25, -0.2) is 0 Å². The van der Waals surface area contributed by atoms with Crippen molar-refractivity contribution in [3.05, 3.63) is 0 Å². The Kier molecular flexibility index (Phi) is 3.01. The zero-order chi connectivity index (χ0) is 9.19. The highest BCUT2D eigenvalue weighted by molar-refractivity contribution is 6.58. The maximum absolute atomic E-state index is 12.0. The van der Waals surface area contributed by atoms with Crippen molar-refractivity contribution in [2.75, 3.05) is 39.7 Å². The molecule has 72 valence electrons. The quantitative estimate of drug-likeness (QED) is 0.549. The van der Waals surface area contributed by atoms with Gasteiger partial charge >= 0.3 is 6.98 Å². The lowest BCUT2D eigenvalue weighted by Crippen LogP contribution is -3.16. The van der Waals surface area contributed by atoms with Crippen molar-refractivity contribution in [1.82, 2.24) is 4.90 Å². The third kappa shape index (κ3) is 3.45. The summed E-state index contributed by atoms with van der Waals surface area (Å²) in [5.74, 6) is 0. The van der Waals surface area contributed by atoms with E-state index in [0.29, 0.717) is 18.0 Å². The van der Waals surface area contributed by atoms with E-state index in [4.69, 9.17) is 0 Å². The molecule has 2 nitrogen and oxygen atoms in total. The van der Waals surface area contributed by atoms with Gasteiger partial charge < -0.3 is 17.8 Å². The van der Waals surface area contributed by atoms with Crippen LogP contribution in [0.1, 0.15) is 0 Å². The molecule has 12 heavy (non-hydrogen) atoms. The fourth-order valence-electron chi connectivity index (χ4n) is 1.47. The molecule has 0 spiro atoms. The zero-order valence-corrected chi connectivity index (χ0v) is 7.19. The lowest BCUT2D eigenvalue weighted by Gasteiger charge is -2.32. The van der Waals surface area contributed by atoms with Gasteiger partial charge in [-0.3, -0.25) is 4.90 Å². The van der Waals surface area contributed by atoms with Gasteiger partial charge in [0.25, 0.3) is 0 Å². The number of likely N-dealkylation sites (N-methyl/N-ethyl adjacent to an activating group) is 1. The van der Waals surface area contributed by atoms with Crippen LogP contribution >= 0.6 is 0 Å². The maximum atomic E-state index is 12.0. The number of hydrogen-bond donors (Lipinski definition) is 1. The summed E-state index contributed by atoms with van der Waals surface area (Å²) in [6, 6.07) is 0. The van der Waals surface area contributed by atoms with E-state index in [1.54, 1.807) is 0 Å². The molecule has 1 rings (SSSR count). The predicted octanol–water partition coefficient (Wildman–Crippen LogP) is -0.797. The van der Waals surface area contributed by atoms with Crippen molar-refractivity contribution in [3.63, 3.8) is 0 Å². The number of quaternary nitrogens is 1. The molecule has 0 aromatic carbocycles. The van der Waals surface area contributed by atoms with Crippen LogP contribution in [0.25, 0.3) is 0 Å². The molecule has 1 N–H and O–H groups in total. The lowest BCUT2D eigenvalue weighted by molar-refractivity contribution is -0.896. The number of hydrogen-bond acceptors (Lipinski definition) is 1. The van der Waals surface area contributed by atoms with Crippen LogP contribution in [0.15, 0.2) is 0 Å². The highest BCUT2D eigenvalue weighted by Gasteiger charge is 2.31. The first-order valence-corrected chi connectivity index (χ1v) is 4.20. The Morgan fingerprint density at radius 2 is 1.75 bits per heavy atom. The highest BCUT2D eigenvalue weighted by atomic mass is 19.4. The standard InChI is InChI=1S/C6H13BF3N2/c1-11-2-4-12(5-3-11)6-7(8,9)10/h2-6H2,1H3/q-1/p+1. The molecular formula is C6H14BF3N2. The van der Waals surface area contributed by atoms with Crippen LogP contribution in [-0.2, 0) is 0 Å². The van der Waals surface area contributed by atoms with E-state index in [1.165, 1.54) is 0 Å². The van der Waals surface area contributed by atoms with Crippen LogP contribution in [0.4, 0.5) is 12.9 Å². The van der Waals surface area contributed by atoms with Gasteiger partial charge in [-0.1, -0.05) is 0 Å². The molecule has 0 amide bonds. The molecule has 0 aliphatic carbocycles. The highest BCUT2D eigenvalue weighted by Crippen LogP contribution is 2.03. The number of halogens is 3. The Labute approximate surface area is 70.4 Å². The van der Waals surface area contributed by atoms with Crippen molar-refractivity contribution in [3.8, 4) is 0 Å². The maximum Gasteiger partial charge on any atom is 0.531 e. The van der Waals surface area contributed by atoms with Crippen LogP contribution < -0.4 is 4.90 Å². The first kappa shape index (κ1) is 9.86. The minimum atomic E-state index is -4.60. The Morgan fingerprint density at radius 3 is 2.17 bits per heavy atom. The van der Waals surface area contributed by atoms with Crippen molar-refractivity contribution in [2.45, 2.75) is 0 Å². The third-order valence-corrected chi connectivity index (χ3v) is 2.21. The molecule has 0 aromatic heterocycles. The van der Waals surface area contributed by atoms with E-state index >= 15 is 0 Å². The first-order valence-electron chi connectivity index (χ1n) is 4.20. The van der Waals surface area contributed by atoms with Gasteiger partial charge in [0, 0.05) is 13.1 Å². The molecule has 1 saturated heterocycles. The fourth-order valence-corrected chi connectivity index (χ4v) is 1.47. The molecule has 0 aromatic rings. The van der Waals surface area contributed by atoms with E-state index in [9.17, 15) is 12.9 Å². The van der Waals surface area contributed by atoms with Gasteiger partial charge in [-0.05, 0) is 7.05 Å².